The lowest BCUT2D eigenvalue weighted by molar-refractivity contribution is 0.0469. The van der Waals surface area contributed by atoms with Gasteiger partial charge in [0.2, 0.25) is 0 Å². The smallest absolute Gasteiger partial charge is 0.407 e. The summed E-state index contributed by atoms with van der Waals surface area (Å²) < 4.78 is 5.36. The molecular formula is C19H27N3O2. The van der Waals surface area contributed by atoms with Crippen molar-refractivity contribution in [2.45, 2.75) is 51.7 Å². The van der Waals surface area contributed by atoms with E-state index in [1.165, 1.54) is 11.1 Å². The third-order valence-corrected chi connectivity index (χ3v) is 4.09. The van der Waals surface area contributed by atoms with E-state index in [1.807, 2.05) is 20.8 Å². The molecule has 1 fully saturated rings. The predicted molar refractivity (Wildman–Crippen MR) is 93.7 cm³/mol. The Balaban J connectivity index is 2.06. The van der Waals surface area contributed by atoms with Crippen LogP contribution in [0.3, 0.4) is 0 Å². The van der Waals surface area contributed by atoms with Gasteiger partial charge < -0.3 is 10.1 Å². The second kappa shape index (κ2) is 7.67. The van der Waals surface area contributed by atoms with Gasteiger partial charge in [-0.15, -0.1) is 0 Å². The molecule has 0 radical (unpaired) electrons. The maximum absolute atomic E-state index is 12.1. The van der Waals surface area contributed by atoms with E-state index >= 15 is 0 Å². The third-order valence-electron chi connectivity index (χ3n) is 4.09. The number of amides is 1. The number of aryl methyl sites for hydroxylation is 1. The summed E-state index contributed by atoms with van der Waals surface area (Å²) in [6.45, 7) is 9.51. The van der Waals surface area contributed by atoms with Gasteiger partial charge >= 0.3 is 6.09 Å². The Morgan fingerprint density at radius 2 is 2.00 bits per heavy atom. The molecule has 1 aromatic carbocycles. The number of nitrogens with zero attached hydrogens (tertiary/aromatic N) is 2. The summed E-state index contributed by atoms with van der Waals surface area (Å²) in [5.74, 6) is 0.299. The van der Waals surface area contributed by atoms with E-state index in [2.05, 4.69) is 47.5 Å². The highest BCUT2D eigenvalue weighted by atomic mass is 16.6. The van der Waals surface area contributed by atoms with E-state index in [9.17, 15) is 4.79 Å². The van der Waals surface area contributed by atoms with Gasteiger partial charge in [0.25, 0.3) is 0 Å². The minimum absolute atomic E-state index is 0.0201. The average Bonchev–Trinajstić information content (AvgIpc) is 2.46. The summed E-state index contributed by atoms with van der Waals surface area (Å²) >= 11 is 0. The van der Waals surface area contributed by atoms with Crippen LogP contribution < -0.4 is 5.32 Å². The highest BCUT2D eigenvalue weighted by Crippen LogP contribution is 2.27. The zero-order chi connectivity index (χ0) is 17.7. The topological polar surface area (TPSA) is 65.4 Å². The summed E-state index contributed by atoms with van der Waals surface area (Å²) in [6, 6.07) is 10.7. The molecular weight excluding hydrogens is 302 g/mol. The number of benzene rings is 1. The lowest BCUT2D eigenvalue weighted by atomic mass is 9.87. The van der Waals surface area contributed by atoms with Crippen LogP contribution in [0.25, 0.3) is 0 Å². The minimum Gasteiger partial charge on any atom is -0.444 e. The minimum atomic E-state index is -0.512. The number of hydrogen-bond donors (Lipinski definition) is 1. The van der Waals surface area contributed by atoms with Crippen molar-refractivity contribution in [1.82, 2.24) is 10.2 Å². The number of ether oxygens (including phenoxy) is 1. The molecule has 1 saturated heterocycles. The maximum atomic E-state index is 12.1. The molecule has 1 heterocycles. The third kappa shape index (κ3) is 5.54. The summed E-state index contributed by atoms with van der Waals surface area (Å²) in [4.78, 5) is 14.2. The molecule has 1 amide bonds. The SMILES string of the molecule is Cc1ccc(C2CC(NC(=O)OC(C)(C)C)CN(CC#N)C2)cc1. The molecule has 0 aliphatic carbocycles. The lowest BCUT2D eigenvalue weighted by Gasteiger charge is -2.37. The van der Waals surface area contributed by atoms with Crippen LogP contribution in [-0.4, -0.2) is 42.3 Å². The van der Waals surface area contributed by atoms with Crippen LogP contribution in [0.4, 0.5) is 4.79 Å². The first-order chi connectivity index (χ1) is 11.3. The molecule has 130 valence electrons. The number of rotatable bonds is 3. The van der Waals surface area contributed by atoms with E-state index in [-0.39, 0.29) is 6.04 Å². The Bertz CT molecular complexity index is 599. The number of nitrogens with one attached hydrogen (secondary N) is 1. The van der Waals surface area contributed by atoms with E-state index in [0.29, 0.717) is 19.0 Å². The second-order valence-corrected chi connectivity index (χ2v) is 7.54. The summed E-state index contributed by atoms with van der Waals surface area (Å²) in [6.07, 6.45) is 0.457. The van der Waals surface area contributed by atoms with E-state index in [4.69, 9.17) is 10.00 Å². The Morgan fingerprint density at radius 1 is 1.33 bits per heavy atom. The van der Waals surface area contributed by atoms with Gasteiger partial charge in [0.15, 0.2) is 0 Å². The molecule has 0 aromatic heterocycles. The monoisotopic (exact) mass is 329 g/mol. The second-order valence-electron chi connectivity index (χ2n) is 7.54. The summed E-state index contributed by atoms with van der Waals surface area (Å²) in [7, 11) is 0. The largest absolute Gasteiger partial charge is 0.444 e. The van der Waals surface area contributed by atoms with Crippen molar-refractivity contribution in [3.63, 3.8) is 0 Å². The number of alkyl carbamates (subject to hydrolysis) is 1. The van der Waals surface area contributed by atoms with Gasteiger partial charge in [0.1, 0.15) is 5.60 Å². The zero-order valence-electron chi connectivity index (χ0n) is 15.0. The quantitative estimate of drug-likeness (QED) is 0.865. The van der Waals surface area contributed by atoms with E-state index in [1.54, 1.807) is 0 Å². The van der Waals surface area contributed by atoms with Gasteiger partial charge in [0.05, 0.1) is 12.6 Å². The number of carbonyl (C=O) groups is 1. The van der Waals surface area contributed by atoms with Crippen LogP contribution >= 0.6 is 0 Å². The fraction of sp³-hybridized carbons (Fsp3) is 0.579. The fourth-order valence-corrected chi connectivity index (χ4v) is 3.08. The van der Waals surface area contributed by atoms with Crippen LogP contribution in [0, 0.1) is 18.3 Å². The van der Waals surface area contributed by atoms with Gasteiger partial charge in [0, 0.05) is 19.1 Å². The van der Waals surface area contributed by atoms with Gasteiger partial charge in [-0.05, 0) is 45.6 Å². The van der Waals surface area contributed by atoms with Crippen LogP contribution in [-0.2, 0) is 4.74 Å². The van der Waals surface area contributed by atoms with Crippen LogP contribution in [0.2, 0.25) is 0 Å². The first-order valence-electron chi connectivity index (χ1n) is 8.42. The molecule has 5 nitrogen and oxygen atoms in total. The molecule has 0 bridgehead atoms. The molecule has 1 aliphatic heterocycles. The zero-order valence-corrected chi connectivity index (χ0v) is 15.0. The number of hydrogen-bond acceptors (Lipinski definition) is 4. The summed E-state index contributed by atoms with van der Waals surface area (Å²) in [5, 5.41) is 12.0. The van der Waals surface area contributed by atoms with Crippen molar-refractivity contribution in [3.05, 3.63) is 35.4 Å². The number of carbonyl (C=O) groups excluding carboxylic acids is 1. The van der Waals surface area contributed by atoms with Gasteiger partial charge in [-0.25, -0.2) is 4.79 Å². The van der Waals surface area contributed by atoms with Crippen molar-refractivity contribution in [2.24, 2.45) is 0 Å². The van der Waals surface area contributed by atoms with Gasteiger partial charge in [-0.1, -0.05) is 29.8 Å². The molecule has 2 atom stereocenters. The number of piperidine rings is 1. The normalized spacial score (nSPS) is 21.8. The van der Waals surface area contributed by atoms with E-state index in [0.717, 1.165) is 13.0 Å². The number of nitriles is 1. The van der Waals surface area contributed by atoms with Crippen molar-refractivity contribution >= 4 is 6.09 Å². The Kier molecular flexibility index (Phi) is 5.84. The molecule has 5 heteroatoms. The fourth-order valence-electron chi connectivity index (χ4n) is 3.08. The van der Waals surface area contributed by atoms with Gasteiger partial charge in [-0.3, -0.25) is 4.90 Å². The van der Waals surface area contributed by atoms with Crippen molar-refractivity contribution in [1.29, 1.82) is 5.26 Å². The van der Waals surface area contributed by atoms with Crippen molar-refractivity contribution in [3.8, 4) is 6.07 Å². The first kappa shape index (κ1) is 18.3. The van der Waals surface area contributed by atoms with Crippen LogP contribution in [0.15, 0.2) is 24.3 Å². The summed E-state index contributed by atoms with van der Waals surface area (Å²) in [5.41, 5.74) is 1.97. The molecule has 1 N–H and O–H groups in total. The maximum Gasteiger partial charge on any atom is 0.407 e. The molecule has 24 heavy (non-hydrogen) atoms. The highest BCUT2D eigenvalue weighted by molar-refractivity contribution is 5.68. The molecule has 1 aliphatic rings. The Morgan fingerprint density at radius 3 is 2.58 bits per heavy atom. The molecule has 0 spiro atoms. The molecule has 2 rings (SSSR count). The first-order valence-corrected chi connectivity index (χ1v) is 8.42. The van der Waals surface area contributed by atoms with Crippen molar-refractivity contribution < 1.29 is 9.53 Å². The van der Waals surface area contributed by atoms with E-state index < -0.39 is 11.7 Å². The molecule has 2 unspecified atom stereocenters. The predicted octanol–water partition coefficient (Wildman–Crippen LogP) is 3.20. The molecule has 1 aromatic rings. The number of likely N-dealkylation sites (tertiary alicyclic amines) is 1. The van der Waals surface area contributed by atoms with Crippen LogP contribution in [0.1, 0.15) is 44.2 Å². The standard InChI is InChI=1S/C19H27N3O2/c1-14-5-7-15(8-6-14)16-11-17(13-22(12-16)10-9-20)21-18(23)24-19(2,3)4/h5-8,16-17H,10-13H2,1-4H3,(H,21,23). The molecule has 0 saturated carbocycles. The Labute approximate surface area is 144 Å². The Hall–Kier alpha value is -2.06. The van der Waals surface area contributed by atoms with Gasteiger partial charge in [-0.2, -0.15) is 5.26 Å². The highest BCUT2D eigenvalue weighted by Gasteiger charge is 2.30. The van der Waals surface area contributed by atoms with Crippen molar-refractivity contribution in [2.75, 3.05) is 19.6 Å². The van der Waals surface area contributed by atoms with Crippen LogP contribution in [0.5, 0.6) is 0 Å². The lowest BCUT2D eigenvalue weighted by Crippen LogP contribution is -2.51. The average molecular weight is 329 g/mol.